The monoisotopic (exact) mass is 355 g/mol. The molecular weight excluding hydrogens is 346 g/mol. The topological polar surface area (TPSA) is 37.8 Å². The molecule has 0 aliphatic rings. The van der Waals surface area contributed by atoms with Crippen LogP contribution in [-0.4, -0.2) is 9.97 Å². The number of anilines is 1. The third-order valence-corrected chi connectivity index (χ3v) is 3.33. The maximum Gasteiger partial charge on any atom is 0.140 e. The molecule has 0 bridgehead atoms. The van der Waals surface area contributed by atoms with Gasteiger partial charge in [-0.1, -0.05) is 6.07 Å². The maximum atomic E-state index is 4.31. The van der Waals surface area contributed by atoms with E-state index in [1.807, 2.05) is 24.3 Å². The van der Waals surface area contributed by atoms with Crippen LogP contribution >= 0.6 is 31.9 Å². The molecule has 3 nitrogen and oxygen atoms in total. The minimum Gasteiger partial charge on any atom is -0.361 e. The first kappa shape index (κ1) is 12.5. The van der Waals surface area contributed by atoms with Crippen molar-refractivity contribution in [1.82, 2.24) is 9.97 Å². The van der Waals surface area contributed by atoms with Gasteiger partial charge in [0, 0.05) is 16.9 Å². The van der Waals surface area contributed by atoms with Crippen LogP contribution in [0.2, 0.25) is 0 Å². The van der Waals surface area contributed by atoms with Crippen LogP contribution in [0, 0.1) is 0 Å². The van der Waals surface area contributed by atoms with E-state index in [-0.39, 0.29) is 6.04 Å². The average molecular weight is 357 g/mol. The summed E-state index contributed by atoms with van der Waals surface area (Å²) in [7, 11) is 0. The van der Waals surface area contributed by atoms with Gasteiger partial charge in [0.2, 0.25) is 0 Å². The fourth-order valence-electron chi connectivity index (χ4n) is 1.43. The lowest BCUT2D eigenvalue weighted by molar-refractivity contribution is 0.830. The van der Waals surface area contributed by atoms with Crippen molar-refractivity contribution in [3.8, 4) is 0 Å². The van der Waals surface area contributed by atoms with Gasteiger partial charge in [0.1, 0.15) is 5.82 Å². The average Bonchev–Trinajstić information content (AvgIpc) is 2.34. The SMILES string of the molecule is CC(Nc1ncc(Br)cc1Br)c1ccccn1. The number of aromatic nitrogens is 2. The molecule has 0 aliphatic heterocycles. The molecule has 0 aromatic carbocycles. The first-order valence-electron chi connectivity index (χ1n) is 5.15. The van der Waals surface area contributed by atoms with Gasteiger partial charge in [0.25, 0.3) is 0 Å². The summed E-state index contributed by atoms with van der Waals surface area (Å²) in [6, 6.07) is 7.95. The molecule has 0 saturated heterocycles. The Hall–Kier alpha value is -0.940. The Morgan fingerprint density at radius 2 is 2.06 bits per heavy atom. The van der Waals surface area contributed by atoms with E-state index in [0.29, 0.717) is 0 Å². The third-order valence-electron chi connectivity index (χ3n) is 2.29. The van der Waals surface area contributed by atoms with Gasteiger partial charge < -0.3 is 5.32 Å². The molecule has 1 unspecified atom stereocenters. The number of rotatable bonds is 3. The van der Waals surface area contributed by atoms with Gasteiger partial charge in [0.05, 0.1) is 16.2 Å². The second-order valence-electron chi connectivity index (χ2n) is 3.60. The van der Waals surface area contributed by atoms with Gasteiger partial charge in [-0.15, -0.1) is 0 Å². The van der Waals surface area contributed by atoms with Crippen LogP contribution in [0.3, 0.4) is 0 Å². The smallest absolute Gasteiger partial charge is 0.140 e. The van der Waals surface area contributed by atoms with Gasteiger partial charge >= 0.3 is 0 Å². The Morgan fingerprint density at radius 3 is 2.71 bits per heavy atom. The molecule has 0 saturated carbocycles. The Labute approximate surface area is 117 Å². The molecular formula is C12H11Br2N3. The zero-order valence-electron chi connectivity index (χ0n) is 9.19. The molecule has 2 aromatic heterocycles. The predicted octanol–water partition coefficient (Wildman–Crippen LogP) is 4.17. The first-order chi connectivity index (χ1) is 8.16. The number of nitrogens with zero attached hydrogens (tertiary/aromatic N) is 2. The summed E-state index contributed by atoms with van der Waals surface area (Å²) in [5.41, 5.74) is 0.990. The Morgan fingerprint density at radius 1 is 1.24 bits per heavy atom. The highest BCUT2D eigenvalue weighted by atomic mass is 79.9. The summed E-state index contributed by atoms with van der Waals surface area (Å²) in [5, 5.41) is 3.31. The lowest BCUT2D eigenvalue weighted by Crippen LogP contribution is -2.09. The van der Waals surface area contributed by atoms with Crippen LogP contribution < -0.4 is 5.32 Å². The second-order valence-corrected chi connectivity index (χ2v) is 5.37. The number of halogens is 2. The van der Waals surface area contributed by atoms with E-state index in [0.717, 1.165) is 20.5 Å². The van der Waals surface area contributed by atoms with Crippen LogP contribution in [0.25, 0.3) is 0 Å². The Kier molecular flexibility index (Phi) is 4.12. The highest BCUT2D eigenvalue weighted by Crippen LogP contribution is 2.26. The van der Waals surface area contributed by atoms with Gasteiger partial charge in [-0.25, -0.2) is 4.98 Å². The van der Waals surface area contributed by atoms with Gasteiger partial charge in [-0.2, -0.15) is 0 Å². The van der Waals surface area contributed by atoms with Crippen LogP contribution in [0.1, 0.15) is 18.7 Å². The highest BCUT2D eigenvalue weighted by Gasteiger charge is 2.09. The normalized spacial score (nSPS) is 12.2. The third kappa shape index (κ3) is 3.26. The maximum absolute atomic E-state index is 4.31. The molecule has 0 spiro atoms. The van der Waals surface area contributed by atoms with Crippen molar-refractivity contribution in [3.05, 3.63) is 51.3 Å². The number of pyridine rings is 2. The summed E-state index contributed by atoms with van der Waals surface area (Å²) in [4.78, 5) is 8.62. The van der Waals surface area contributed by atoms with E-state index in [1.54, 1.807) is 12.4 Å². The Balaban J connectivity index is 2.16. The molecule has 0 aliphatic carbocycles. The molecule has 0 fully saturated rings. The second kappa shape index (κ2) is 5.60. The molecule has 0 radical (unpaired) electrons. The minimum absolute atomic E-state index is 0.112. The van der Waals surface area contributed by atoms with E-state index in [1.165, 1.54) is 0 Å². The summed E-state index contributed by atoms with van der Waals surface area (Å²) < 4.78 is 1.87. The van der Waals surface area contributed by atoms with Crippen molar-refractivity contribution in [1.29, 1.82) is 0 Å². The van der Waals surface area contributed by atoms with Crippen molar-refractivity contribution in [2.75, 3.05) is 5.32 Å². The van der Waals surface area contributed by atoms with E-state index in [2.05, 4.69) is 54.1 Å². The van der Waals surface area contributed by atoms with Gasteiger partial charge in [-0.05, 0) is 57.0 Å². The minimum atomic E-state index is 0.112. The zero-order valence-corrected chi connectivity index (χ0v) is 12.4. The lowest BCUT2D eigenvalue weighted by atomic mass is 10.2. The van der Waals surface area contributed by atoms with Crippen LogP contribution in [0.15, 0.2) is 45.6 Å². The Bertz CT molecular complexity index is 502. The van der Waals surface area contributed by atoms with Crippen LogP contribution in [0.4, 0.5) is 5.82 Å². The van der Waals surface area contributed by atoms with E-state index in [9.17, 15) is 0 Å². The van der Waals surface area contributed by atoms with E-state index >= 15 is 0 Å². The fraction of sp³-hybridized carbons (Fsp3) is 0.167. The van der Waals surface area contributed by atoms with Crippen molar-refractivity contribution in [2.45, 2.75) is 13.0 Å². The molecule has 0 amide bonds. The highest BCUT2D eigenvalue weighted by molar-refractivity contribution is 9.11. The van der Waals surface area contributed by atoms with Gasteiger partial charge in [-0.3, -0.25) is 4.98 Å². The molecule has 5 heteroatoms. The molecule has 2 heterocycles. The van der Waals surface area contributed by atoms with Crippen LogP contribution in [-0.2, 0) is 0 Å². The largest absolute Gasteiger partial charge is 0.361 e. The zero-order chi connectivity index (χ0) is 12.3. The molecule has 1 atom stereocenters. The van der Waals surface area contributed by atoms with Crippen molar-refractivity contribution < 1.29 is 0 Å². The van der Waals surface area contributed by atoms with Crippen molar-refractivity contribution >= 4 is 37.7 Å². The molecule has 17 heavy (non-hydrogen) atoms. The number of hydrogen-bond acceptors (Lipinski definition) is 3. The standard InChI is InChI=1S/C12H11Br2N3/c1-8(11-4-2-3-5-15-11)17-12-10(14)6-9(13)7-16-12/h2-8H,1H3,(H,16,17). The molecule has 2 aromatic rings. The fourth-order valence-corrected chi connectivity index (χ4v) is 2.53. The number of hydrogen-bond donors (Lipinski definition) is 1. The number of nitrogens with one attached hydrogen (secondary N) is 1. The van der Waals surface area contributed by atoms with Crippen LogP contribution in [0.5, 0.6) is 0 Å². The molecule has 88 valence electrons. The van der Waals surface area contributed by atoms with Gasteiger partial charge in [0.15, 0.2) is 0 Å². The quantitative estimate of drug-likeness (QED) is 0.896. The van der Waals surface area contributed by atoms with E-state index in [4.69, 9.17) is 0 Å². The summed E-state index contributed by atoms with van der Waals surface area (Å²) in [5.74, 6) is 0.811. The van der Waals surface area contributed by atoms with Crippen molar-refractivity contribution in [2.24, 2.45) is 0 Å². The first-order valence-corrected chi connectivity index (χ1v) is 6.74. The van der Waals surface area contributed by atoms with E-state index < -0.39 is 0 Å². The molecule has 2 rings (SSSR count). The predicted molar refractivity (Wildman–Crippen MR) is 75.9 cm³/mol. The summed E-state index contributed by atoms with van der Waals surface area (Å²) >= 11 is 6.85. The van der Waals surface area contributed by atoms with Crippen molar-refractivity contribution in [3.63, 3.8) is 0 Å². The molecule has 1 N–H and O–H groups in total. The lowest BCUT2D eigenvalue weighted by Gasteiger charge is -2.14. The summed E-state index contributed by atoms with van der Waals surface area (Å²) in [6.45, 7) is 2.05. The summed E-state index contributed by atoms with van der Waals surface area (Å²) in [6.07, 6.45) is 3.55.